The van der Waals surface area contributed by atoms with E-state index >= 15 is 0 Å². The first-order chi connectivity index (χ1) is 16.6. The van der Waals surface area contributed by atoms with Gasteiger partial charge in [-0.3, -0.25) is 9.59 Å². The highest BCUT2D eigenvalue weighted by Gasteiger charge is 2.42. The Bertz CT molecular complexity index is 1400. The van der Waals surface area contributed by atoms with Gasteiger partial charge in [-0.05, 0) is 41.5 Å². The van der Waals surface area contributed by atoms with E-state index in [4.69, 9.17) is 13.9 Å². The van der Waals surface area contributed by atoms with Crippen molar-refractivity contribution in [2.45, 2.75) is 12.6 Å². The molecule has 0 radical (unpaired) electrons. The number of hydrogen-bond donors (Lipinski definition) is 0. The number of rotatable bonds is 7. The standard InChI is InChI=1S/C27H22FNO5/c1-32-14-13-29-24(18-7-10-20(11-8-18)33-16-17-5-3-2-4-6-17)23-25(30)21-15-19(28)9-12-22(21)34-26(23)27(29)31/h2-12,15,24H,13-14,16H2,1H3. The smallest absolute Gasteiger partial charge is 0.290 e. The predicted molar refractivity (Wildman–Crippen MR) is 124 cm³/mol. The second-order valence-electron chi connectivity index (χ2n) is 8.05. The molecule has 4 aromatic rings. The number of halogens is 1. The van der Waals surface area contributed by atoms with Crippen LogP contribution in [-0.4, -0.2) is 31.1 Å². The Balaban J connectivity index is 1.52. The summed E-state index contributed by atoms with van der Waals surface area (Å²) in [6.07, 6.45) is 0. The van der Waals surface area contributed by atoms with Gasteiger partial charge < -0.3 is 18.8 Å². The van der Waals surface area contributed by atoms with Crippen molar-refractivity contribution in [1.29, 1.82) is 0 Å². The maximum Gasteiger partial charge on any atom is 0.290 e. The lowest BCUT2D eigenvalue weighted by Gasteiger charge is -2.25. The number of benzene rings is 3. The third kappa shape index (κ3) is 3.95. The Labute approximate surface area is 195 Å². The van der Waals surface area contributed by atoms with Gasteiger partial charge in [0.1, 0.15) is 23.8 Å². The molecule has 5 rings (SSSR count). The molecule has 2 heterocycles. The Hall–Kier alpha value is -3.97. The van der Waals surface area contributed by atoms with Crippen molar-refractivity contribution in [3.63, 3.8) is 0 Å². The molecule has 1 aliphatic heterocycles. The zero-order valence-electron chi connectivity index (χ0n) is 18.5. The lowest BCUT2D eigenvalue weighted by atomic mass is 9.98. The van der Waals surface area contributed by atoms with Gasteiger partial charge in [0.05, 0.1) is 23.6 Å². The molecule has 0 aliphatic carbocycles. The topological polar surface area (TPSA) is 69.0 Å². The molecule has 0 saturated carbocycles. The molecule has 1 aliphatic rings. The molecule has 0 saturated heterocycles. The third-order valence-electron chi connectivity index (χ3n) is 5.91. The summed E-state index contributed by atoms with van der Waals surface area (Å²) in [4.78, 5) is 28.2. The van der Waals surface area contributed by atoms with Crippen molar-refractivity contribution in [2.24, 2.45) is 0 Å². The minimum absolute atomic E-state index is 0.0189. The van der Waals surface area contributed by atoms with Crippen LogP contribution in [0.1, 0.15) is 33.3 Å². The van der Waals surface area contributed by atoms with Crippen LogP contribution in [0, 0.1) is 5.82 Å². The molecule has 0 bridgehead atoms. The number of amides is 1. The summed E-state index contributed by atoms with van der Waals surface area (Å²) >= 11 is 0. The van der Waals surface area contributed by atoms with Crippen LogP contribution in [-0.2, 0) is 11.3 Å². The normalized spacial score (nSPS) is 15.1. The molecule has 0 spiro atoms. The van der Waals surface area contributed by atoms with Crippen molar-refractivity contribution in [1.82, 2.24) is 4.90 Å². The summed E-state index contributed by atoms with van der Waals surface area (Å²) in [6.45, 7) is 0.976. The second-order valence-corrected chi connectivity index (χ2v) is 8.05. The van der Waals surface area contributed by atoms with E-state index in [0.717, 1.165) is 17.2 Å². The van der Waals surface area contributed by atoms with Crippen LogP contribution in [0.3, 0.4) is 0 Å². The monoisotopic (exact) mass is 459 g/mol. The first-order valence-corrected chi connectivity index (χ1v) is 10.9. The Morgan fingerprint density at radius 2 is 1.76 bits per heavy atom. The van der Waals surface area contributed by atoms with Gasteiger partial charge in [0.15, 0.2) is 5.43 Å². The van der Waals surface area contributed by atoms with Crippen LogP contribution in [0.15, 0.2) is 82.0 Å². The van der Waals surface area contributed by atoms with Crippen LogP contribution in [0.5, 0.6) is 5.75 Å². The number of methoxy groups -OCH3 is 1. The van der Waals surface area contributed by atoms with Crippen LogP contribution in [0.2, 0.25) is 0 Å². The number of ether oxygens (including phenoxy) is 2. The highest BCUT2D eigenvalue weighted by atomic mass is 19.1. The summed E-state index contributed by atoms with van der Waals surface area (Å²) in [5.41, 5.74) is 1.73. The summed E-state index contributed by atoms with van der Waals surface area (Å²) in [5.74, 6) is -0.301. The highest BCUT2D eigenvalue weighted by Crippen LogP contribution is 2.38. The van der Waals surface area contributed by atoms with Crippen molar-refractivity contribution in [3.05, 3.63) is 111 Å². The lowest BCUT2D eigenvalue weighted by Crippen LogP contribution is -2.32. The number of fused-ring (bicyclic) bond motifs is 2. The summed E-state index contributed by atoms with van der Waals surface area (Å²) in [5, 5.41) is 0.105. The quantitative estimate of drug-likeness (QED) is 0.401. The molecule has 1 atom stereocenters. The van der Waals surface area contributed by atoms with E-state index in [-0.39, 0.29) is 35.4 Å². The average molecular weight is 459 g/mol. The third-order valence-corrected chi connectivity index (χ3v) is 5.91. The SMILES string of the molecule is COCCN1C(=O)c2oc3ccc(F)cc3c(=O)c2C1c1ccc(OCc2ccccc2)cc1. The van der Waals surface area contributed by atoms with Crippen molar-refractivity contribution >= 4 is 16.9 Å². The van der Waals surface area contributed by atoms with Gasteiger partial charge in [-0.2, -0.15) is 0 Å². The van der Waals surface area contributed by atoms with Crippen LogP contribution < -0.4 is 10.2 Å². The molecule has 7 heteroatoms. The van der Waals surface area contributed by atoms with Crippen LogP contribution >= 0.6 is 0 Å². The molecular formula is C27H22FNO5. The van der Waals surface area contributed by atoms with E-state index in [0.29, 0.717) is 12.4 Å². The highest BCUT2D eigenvalue weighted by molar-refractivity contribution is 5.99. The van der Waals surface area contributed by atoms with Crippen molar-refractivity contribution < 1.29 is 23.1 Å². The molecular weight excluding hydrogens is 437 g/mol. The van der Waals surface area contributed by atoms with E-state index in [1.165, 1.54) is 12.1 Å². The maximum atomic E-state index is 13.9. The van der Waals surface area contributed by atoms with E-state index in [9.17, 15) is 14.0 Å². The molecule has 1 amide bonds. The fourth-order valence-electron chi connectivity index (χ4n) is 4.25. The van der Waals surface area contributed by atoms with Gasteiger partial charge >= 0.3 is 0 Å². The number of carbonyl (C=O) groups is 1. The fourth-order valence-corrected chi connectivity index (χ4v) is 4.25. The fraction of sp³-hybridized carbons (Fsp3) is 0.185. The van der Waals surface area contributed by atoms with Gasteiger partial charge in [-0.25, -0.2) is 4.39 Å². The molecule has 0 N–H and O–H groups in total. The second kappa shape index (κ2) is 9.11. The number of carbonyl (C=O) groups excluding carboxylic acids is 1. The van der Waals surface area contributed by atoms with Crippen molar-refractivity contribution in [3.8, 4) is 5.75 Å². The molecule has 34 heavy (non-hydrogen) atoms. The molecule has 6 nitrogen and oxygen atoms in total. The van der Waals surface area contributed by atoms with E-state index in [1.54, 1.807) is 24.1 Å². The lowest BCUT2D eigenvalue weighted by molar-refractivity contribution is 0.0663. The van der Waals surface area contributed by atoms with E-state index < -0.39 is 23.2 Å². The molecule has 172 valence electrons. The van der Waals surface area contributed by atoms with Crippen molar-refractivity contribution in [2.75, 3.05) is 20.3 Å². The molecule has 1 unspecified atom stereocenters. The first kappa shape index (κ1) is 21.9. The van der Waals surface area contributed by atoms with Crippen LogP contribution in [0.4, 0.5) is 4.39 Å². The largest absolute Gasteiger partial charge is 0.489 e. The summed E-state index contributed by atoms with van der Waals surface area (Å²) < 4.78 is 30.7. The Morgan fingerprint density at radius 1 is 1.00 bits per heavy atom. The average Bonchev–Trinajstić information content (AvgIpc) is 3.14. The van der Waals surface area contributed by atoms with E-state index in [1.807, 2.05) is 42.5 Å². The first-order valence-electron chi connectivity index (χ1n) is 10.9. The Morgan fingerprint density at radius 3 is 2.50 bits per heavy atom. The maximum absolute atomic E-state index is 13.9. The number of hydrogen-bond acceptors (Lipinski definition) is 5. The zero-order valence-corrected chi connectivity index (χ0v) is 18.5. The molecule has 0 fully saturated rings. The van der Waals surface area contributed by atoms with Gasteiger partial charge in [-0.15, -0.1) is 0 Å². The van der Waals surface area contributed by atoms with Gasteiger partial charge in [0.25, 0.3) is 5.91 Å². The van der Waals surface area contributed by atoms with Crippen LogP contribution in [0.25, 0.3) is 11.0 Å². The molecule has 1 aromatic heterocycles. The van der Waals surface area contributed by atoms with Gasteiger partial charge in [0, 0.05) is 13.7 Å². The summed E-state index contributed by atoms with van der Waals surface area (Å²) in [7, 11) is 1.54. The number of nitrogens with zero attached hydrogens (tertiary/aromatic N) is 1. The summed E-state index contributed by atoms with van der Waals surface area (Å²) in [6, 6.07) is 20.1. The minimum atomic E-state index is -0.676. The van der Waals surface area contributed by atoms with Gasteiger partial charge in [0.2, 0.25) is 5.76 Å². The Kier molecular flexibility index (Phi) is 5.86. The van der Waals surface area contributed by atoms with E-state index in [2.05, 4.69) is 0 Å². The molecule has 3 aromatic carbocycles. The van der Waals surface area contributed by atoms with Gasteiger partial charge in [-0.1, -0.05) is 42.5 Å². The zero-order chi connectivity index (χ0) is 23.7. The predicted octanol–water partition coefficient (Wildman–Crippen LogP) is 4.70. The minimum Gasteiger partial charge on any atom is -0.489 e.